The minimum Gasteiger partial charge on any atom is -0.456 e. The maximum absolute atomic E-state index is 13.1. The molecule has 0 saturated carbocycles. The molecule has 138 valence electrons. The quantitative estimate of drug-likeness (QED) is 0.530. The molecule has 2 rings (SSSR count). The van der Waals surface area contributed by atoms with Gasteiger partial charge in [0.1, 0.15) is 0 Å². The summed E-state index contributed by atoms with van der Waals surface area (Å²) < 4.78 is 30.8. The second kappa shape index (κ2) is 10.2. The van der Waals surface area contributed by atoms with Crippen LogP contribution < -0.4 is 5.32 Å². The van der Waals surface area contributed by atoms with Gasteiger partial charge in [-0.15, -0.1) is 23.5 Å². The van der Waals surface area contributed by atoms with E-state index in [1.54, 1.807) is 12.1 Å². The maximum atomic E-state index is 13.1. The summed E-state index contributed by atoms with van der Waals surface area (Å²) in [5, 5.41) is 2.69. The zero-order valence-electron chi connectivity index (χ0n) is 14.0. The van der Waals surface area contributed by atoms with Gasteiger partial charge < -0.3 is 10.1 Å². The van der Waals surface area contributed by atoms with Crippen molar-refractivity contribution in [2.45, 2.75) is 16.2 Å². The highest BCUT2D eigenvalue weighted by Crippen LogP contribution is 2.24. The molecule has 0 radical (unpaired) electrons. The summed E-state index contributed by atoms with van der Waals surface area (Å²) in [4.78, 5) is 25.0. The van der Waals surface area contributed by atoms with Crippen LogP contribution in [0.1, 0.15) is 6.42 Å². The van der Waals surface area contributed by atoms with Gasteiger partial charge in [0.15, 0.2) is 18.2 Å². The van der Waals surface area contributed by atoms with Gasteiger partial charge >= 0.3 is 5.97 Å². The summed E-state index contributed by atoms with van der Waals surface area (Å²) in [5.41, 5.74) is 0.662. The van der Waals surface area contributed by atoms with Crippen LogP contribution in [-0.4, -0.2) is 30.5 Å². The summed E-state index contributed by atoms with van der Waals surface area (Å²) in [5.74, 6) is -2.47. The van der Waals surface area contributed by atoms with Crippen LogP contribution in [0.25, 0.3) is 0 Å². The average Bonchev–Trinajstić information content (AvgIpc) is 2.63. The predicted molar refractivity (Wildman–Crippen MR) is 99.5 cm³/mol. The molecule has 2 aromatic carbocycles. The zero-order valence-corrected chi connectivity index (χ0v) is 15.6. The molecule has 26 heavy (non-hydrogen) atoms. The summed E-state index contributed by atoms with van der Waals surface area (Å²) >= 11 is 2.70. The molecule has 1 amide bonds. The molecule has 0 saturated heterocycles. The Morgan fingerprint density at radius 1 is 1.12 bits per heavy atom. The first-order valence-corrected chi connectivity index (χ1v) is 9.87. The fourth-order valence-electron chi connectivity index (χ4n) is 1.97. The van der Waals surface area contributed by atoms with Crippen molar-refractivity contribution < 1.29 is 23.1 Å². The summed E-state index contributed by atoms with van der Waals surface area (Å²) in [6, 6.07) is 10.9. The number of halogens is 2. The summed E-state index contributed by atoms with van der Waals surface area (Å²) in [6.07, 6.45) is 1.95. The van der Waals surface area contributed by atoms with Gasteiger partial charge in [-0.3, -0.25) is 9.59 Å². The van der Waals surface area contributed by atoms with E-state index in [0.29, 0.717) is 16.3 Å². The van der Waals surface area contributed by atoms with E-state index >= 15 is 0 Å². The van der Waals surface area contributed by atoms with Crippen molar-refractivity contribution in [1.29, 1.82) is 0 Å². The molecule has 0 aromatic heterocycles. The molecule has 0 atom stereocenters. The summed E-state index contributed by atoms with van der Waals surface area (Å²) in [7, 11) is 0. The number of carbonyl (C=O) groups excluding carboxylic acids is 2. The first-order chi connectivity index (χ1) is 12.5. The molecule has 0 aliphatic rings. The highest BCUT2D eigenvalue weighted by molar-refractivity contribution is 7.99. The Balaban J connectivity index is 1.71. The van der Waals surface area contributed by atoms with E-state index in [1.807, 2.05) is 18.4 Å². The third-order valence-corrected chi connectivity index (χ3v) is 5.00. The van der Waals surface area contributed by atoms with Crippen LogP contribution in [0.5, 0.6) is 0 Å². The van der Waals surface area contributed by atoms with Gasteiger partial charge in [-0.1, -0.05) is 12.1 Å². The molecule has 0 aliphatic carbocycles. The maximum Gasteiger partial charge on any atom is 0.307 e. The Kier molecular flexibility index (Phi) is 7.93. The number of carbonyl (C=O) groups is 2. The Bertz CT molecular complexity index is 787. The van der Waals surface area contributed by atoms with E-state index < -0.39 is 23.5 Å². The summed E-state index contributed by atoms with van der Waals surface area (Å²) in [6.45, 7) is -0.378. The molecule has 1 N–H and O–H groups in total. The number of esters is 1. The Morgan fingerprint density at radius 3 is 2.62 bits per heavy atom. The zero-order chi connectivity index (χ0) is 18.9. The monoisotopic (exact) mass is 397 g/mol. The molecule has 0 aliphatic heterocycles. The lowest BCUT2D eigenvalue weighted by Crippen LogP contribution is -2.21. The molecule has 0 heterocycles. The lowest BCUT2D eigenvalue weighted by atomic mass is 10.3. The molecule has 4 nitrogen and oxygen atoms in total. The first kappa shape index (κ1) is 20.3. The highest BCUT2D eigenvalue weighted by Gasteiger charge is 2.10. The van der Waals surface area contributed by atoms with E-state index in [9.17, 15) is 18.4 Å². The van der Waals surface area contributed by atoms with Gasteiger partial charge in [-0.05, 0) is 36.6 Å². The van der Waals surface area contributed by atoms with Crippen LogP contribution in [0.4, 0.5) is 14.5 Å². The molecule has 0 unspecified atom stereocenters. The van der Waals surface area contributed by atoms with Crippen molar-refractivity contribution in [1.82, 2.24) is 0 Å². The highest BCUT2D eigenvalue weighted by atomic mass is 32.2. The van der Waals surface area contributed by atoms with Crippen molar-refractivity contribution in [3.8, 4) is 0 Å². The number of hydrogen-bond acceptors (Lipinski definition) is 5. The number of benzene rings is 2. The number of rotatable bonds is 8. The van der Waals surface area contributed by atoms with Crippen LogP contribution in [-0.2, 0) is 14.3 Å². The number of amides is 1. The van der Waals surface area contributed by atoms with Gasteiger partial charge in [0.2, 0.25) is 0 Å². The number of nitrogens with one attached hydrogen (secondary N) is 1. The van der Waals surface area contributed by atoms with Crippen LogP contribution in [0.15, 0.2) is 52.3 Å². The fraction of sp³-hybridized carbons (Fsp3) is 0.222. The van der Waals surface area contributed by atoms with E-state index in [2.05, 4.69) is 5.32 Å². The van der Waals surface area contributed by atoms with Gasteiger partial charge in [0.25, 0.3) is 5.91 Å². The number of anilines is 1. The largest absolute Gasteiger partial charge is 0.456 e. The molecule has 0 spiro atoms. The molecule has 2 aromatic rings. The molecule has 8 heteroatoms. The SMILES string of the molecule is CSc1ccccc1NC(=O)COC(=O)CCSc1ccc(F)c(F)c1. The minimum atomic E-state index is -0.931. The smallest absolute Gasteiger partial charge is 0.307 e. The predicted octanol–water partition coefficient (Wildman–Crippen LogP) is 4.35. The Morgan fingerprint density at radius 2 is 1.88 bits per heavy atom. The van der Waals surface area contributed by atoms with Gasteiger partial charge in [-0.2, -0.15) is 0 Å². The number of ether oxygens (including phenoxy) is 1. The van der Waals surface area contributed by atoms with Crippen molar-refractivity contribution >= 4 is 41.1 Å². The third kappa shape index (κ3) is 6.34. The third-order valence-electron chi connectivity index (χ3n) is 3.21. The molecule has 0 fully saturated rings. The second-order valence-electron chi connectivity index (χ2n) is 5.08. The van der Waals surface area contributed by atoms with Gasteiger partial charge in [0.05, 0.1) is 12.1 Å². The normalized spacial score (nSPS) is 10.4. The van der Waals surface area contributed by atoms with E-state index in [-0.39, 0.29) is 13.0 Å². The number of hydrogen-bond donors (Lipinski definition) is 1. The first-order valence-electron chi connectivity index (χ1n) is 7.66. The van der Waals surface area contributed by atoms with Gasteiger partial charge in [0, 0.05) is 15.5 Å². The number of para-hydroxylation sites is 1. The lowest BCUT2D eigenvalue weighted by molar-refractivity contribution is -0.146. The Hall–Kier alpha value is -2.06. The van der Waals surface area contributed by atoms with Crippen molar-refractivity contribution in [2.75, 3.05) is 23.9 Å². The second-order valence-corrected chi connectivity index (χ2v) is 7.10. The number of thioether (sulfide) groups is 2. The molecular weight excluding hydrogens is 380 g/mol. The lowest BCUT2D eigenvalue weighted by Gasteiger charge is -2.09. The van der Waals surface area contributed by atoms with Crippen LogP contribution in [0, 0.1) is 11.6 Å². The van der Waals surface area contributed by atoms with Crippen molar-refractivity contribution in [3.63, 3.8) is 0 Å². The minimum absolute atomic E-state index is 0.0539. The fourth-order valence-corrected chi connectivity index (χ4v) is 3.38. The van der Waals surface area contributed by atoms with Gasteiger partial charge in [-0.25, -0.2) is 8.78 Å². The van der Waals surface area contributed by atoms with E-state index in [4.69, 9.17) is 4.74 Å². The topological polar surface area (TPSA) is 55.4 Å². The Labute approximate surface area is 158 Å². The van der Waals surface area contributed by atoms with Crippen LogP contribution >= 0.6 is 23.5 Å². The average molecular weight is 397 g/mol. The van der Waals surface area contributed by atoms with Crippen LogP contribution in [0.2, 0.25) is 0 Å². The van der Waals surface area contributed by atoms with Crippen LogP contribution in [0.3, 0.4) is 0 Å². The standard InChI is InChI=1S/C18H17F2NO3S2/c1-25-16-5-3-2-4-15(16)21-17(22)11-24-18(23)8-9-26-12-6-7-13(19)14(20)10-12/h2-7,10H,8-9,11H2,1H3,(H,21,22). The van der Waals surface area contributed by atoms with E-state index in [1.165, 1.54) is 29.6 Å². The van der Waals surface area contributed by atoms with Crippen molar-refractivity contribution in [3.05, 3.63) is 54.1 Å². The van der Waals surface area contributed by atoms with E-state index in [0.717, 1.165) is 17.0 Å². The molecular formula is C18H17F2NO3S2. The van der Waals surface area contributed by atoms with Crippen molar-refractivity contribution in [2.24, 2.45) is 0 Å². The molecule has 0 bridgehead atoms.